The molecule has 0 amide bonds. The Bertz CT molecular complexity index is 739. The van der Waals surface area contributed by atoms with Gasteiger partial charge in [0, 0.05) is 33.4 Å². The summed E-state index contributed by atoms with van der Waals surface area (Å²) < 4.78 is 15.8. The van der Waals surface area contributed by atoms with Crippen molar-refractivity contribution >= 4 is 29.9 Å². The molecule has 2 N–H and O–H groups in total. The molecule has 0 fully saturated rings. The summed E-state index contributed by atoms with van der Waals surface area (Å²) in [4.78, 5) is 4.75. The normalized spacial score (nSPS) is 11.0. The molecule has 0 aromatic heterocycles. The molecule has 0 saturated carbocycles. The maximum Gasteiger partial charge on any atom is 0.191 e. The Hall–Kier alpha value is -1.84. The van der Waals surface area contributed by atoms with E-state index in [-0.39, 0.29) is 24.0 Å². The Kier molecular flexibility index (Phi) is 13.9. The summed E-state index contributed by atoms with van der Waals surface area (Å²) in [6.45, 7) is 6.19. The van der Waals surface area contributed by atoms with Crippen molar-refractivity contribution in [1.29, 1.82) is 0 Å². The number of benzene rings is 2. The number of halogens is 1. The number of hydrogen-bond donors (Lipinski definition) is 2. The van der Waals surface area contributed by atoms with Gasteiger partial charge in [-0.3, -0.25) is 0 Å². The van der Waals surface area contributed by atoms with Crippen LogP contribution in [-0.2, 0) is 29.2 Å². The Morgan fingerprint density at radius 1 is 0.967 bits per heavy atom. The van der Waals surface area contributed by atoms with Crippen LogP contribution in [0.2, 0.25) is 0 Å². The Morgan fingerprint density at radius 3 is 2.43 bits per heavy atom. The van der Waals surface area contributed by atoms with Crippen LogP contribution in [0.5, 0.6) is 5.75 Å². The summed E-state index contributed by atoms with van der Waals surface area (Å²) in [7, 11) is 3.38. The second-order valence-corrected chi connectivity index (χ2v) is 6.60. The lowest BCUT2D eigenvalue weighted by Crippen LogP contribution is -2.37. The molecule has 7 heteroatoms. The summed E-state index contributed by atoms with van der Waals surface area (Å²) >= 11 is 0. The molecule has 2 rings (SSSR count). The first kappa shape index (κ1) is 26.2. The standard InChI is InChI=1S/C23H33N3O3.HI/c1-4-29-14-6-13-24-23(25-16-19-9-11-22(28-3)12-10-19)26-17-20-7-5-8-21(15-20)18-27-2;/h5,7-12,15H,4,6,13-14,16-18H2,1-3H3,(H2,24,25,26);1H. The van der Waals surface area contributed by atoms with Crippen molar-refractivity contribution in [1.82, 2.24) is 10.6 Å². The zero-order valence-corrected chi connectivity index (χ0v) is 20.5. The fraction of sp³-hybridized carbons (Fsp3) is 0.435. The third-order valence-electron chi connectivity index (χ3n) is 4.30. The molecule has 6 nitrogen and oxygen atoms in total. The predicted octanol–water partition coefficient (Wildman–Crippen LogP) is 4.12. The minimum absolute atomic E-state index is 0. The Balaban J connectivity index is 0.00000450. The molecule has 0 unspecified atom stereocenters. The third kappa shape index (κ3) is 10.3. The highest BCUT2D eigenvalue weighted by atomic mass is 127. The molecule has 2 aromatic rings. The van der Waals surface area contributed by atoms with Crippen LogP contribution >= 0.6 is 24.0 Å². The minimum Gasteiger partial charge on any atom is -0.497 e. The zero-order valence-electron chi connectivity index (χ0n) is 18.1. The van der Waals surface area contributed by atoms with Gasteiger partial charge >= 0.3 is 0 Å². The van der Waals surface area contributed by atoms with Gasteiger partial charge in [-0.05, 0) is 42.2 Å². The second kappa shape index (κ2) is 15.9. The van der Waals surface area contributed by atoms with Crippen LogP contribution in [-0.4, -0.2) is 39.9 Å². The summed E-state index contributed by atoms with van der Waals surface area (Å²) in [6, 6.07) is 16.3. The van der Waals surface area contributed by atoms with E-state index in [4.69, 9.17) is 19.2 Å². The average molecular weight is 527 g/mol. The molecule has 2 aromatic carbocycles. The lowest BCUT2D eigenvalue weighted by molar-refractivity contribution is 0.145. The van der Waals surface area contributed by atoms with Gasteiger partial charge in [0.25, 0.3) is 0 Å². The number of hydrogen-bond acceptors (Lipinski definition) is 4. The van der Waals surface area contributed by atoms with Crippen LogP contribution < -0.4 is 15.4 Å². The molecular formula is C23H34IN3O3. The number of aliphatic imine (C=N–C) groups is 1. The van der Waals surface area contributed by atoms with Crippen molar-refractivity contribution < 1.29 is 14.2 Å². The molecule has 0 spiro atoms. The topological polar surface area (TPSA) is 64.1 Å². The van der Waals surface area contributed by atoms with Crippen LogP contribution in [0.15, 0.2) is 53.5 Å². The minimum atomic E-state index is 0. The zero-order chi connectivity index (χ0) is 20.7. The third-order valence-corrected chi connectivity index (χ3v) is 4.30. The van der Waals surface area contributed by atoms with E-state index in [0.717, 1.165) is 54.6 Å². The number of guanidine groups is 1. The van der Waals surface area contributed by atoms with Crippen LogP contribution in [0.3, 0.4) is 0 Å². The van der Waals surface area contributed by atoms with Crippen LogP contribution in [0, 0.1) is 0 Å². The number of rotatable bonds is 12. The number of nitrogens with zero attached hydrogens (tertiary/aromatic N) is 1. The van der Waals surface area contributed by atoms with Gasteiger partial charge in [0.1, 0.15) is 5.75 Å². The number of methoxy groups -OCH3 is 2. The van der Waals surface area contributed by atoms with E-state index in [2.05, 4.69) is 28.8 Å². The SMILES string of the molecule is CCOCCCNC(=NCc1cccc(COC)c1)NCc1ccc(OC)cc1.I. The van der Waals surface area contributed by atoms with E-state index in [1.807, 2.05) is 37.3 Å². The molecule has 0 heterocycles. The molecule has 0 aliphatic rings. The quantitative estimate of drug-likeness (QED) is 0.188. The second-order valence-electron chi connectivity index (χ2n) is 6.60. The van der Waals surface area contributed by atoms with Gasteiger partial charge in [0.2, 0.25) is 0 Å². The van der Waals surface area contributed by atoms with E-state index < -0.39 is 0 Å². The van der Waals surface area contributed by atoms with E-state index in [0.29, 0.717) is 19.7 Å². The van der Waals surface area contributed by atoms with Crippen molar-refractivity contribution in [3.05, 3.63) is 65.2 Å². The Morgan fingerprint density at radius 2 is 1.73 bits per heavy atom. The maximum absolute atomic E-state index is 5.41. The van der Waals surface area contributed by atoms with E-state index in [1.165, 1.54) is 0 Å². The van der Waals surface area contributed by atoms with Gasteiger partial charge in [-0.25, -0.2) is 4.99 Å². The lowest BCUT2D eigenvalue weighted by atomic mass is 10.1. The summed E-state index contributed by atoms with van der Waals surface area (Å²) in [5, 5.41) is 6.80. The predicted molar refractivity (Wildman–Crippen MR) is 133 cm³/mol. The van der Waals surface area contributed by atoms with Crippen LogP contribution in [0.4, 0.5) is 0 Å². The largest absolute Gasteiger partial charge is 0.497 e. The van der Waals surface area contributed by atoms with Crippen molar-refractivity contribution in [2.75, 3.05) is 34.0 Å². The summed E-state index contributed by atoms with van der Waals surface area (Å²) in [5.41, 5.74) is 3.47. The highest BCUT2D eigenvalue weighted by Gasteiger charge is 2.02. The van der Waals surface area contributed by atoms with Crippen molar-refractivity contribution in [2.45, 2.75) is 33.0 Å². The Labute approximate surface area is 197 Å². The summed E-state index contributed by atoms with van der Waals surface area (Å²) in [5.74, 6) is 1.64. The molecule has 0 saturated heterocycles. The lowest BCUT2D eigenvalue weighted by Gasteiger charge is -2.13. The summed E-state index contributed by atoms with van der Waals surface area (Å²) in [6.07, 6.45) is 0.931. The maximum atomic E-state index is 5.41. The van der Waals surface area contributed by atoms with Crippen LogP contribution in [0.25, 0.3) is 0 Å². The number of ether oxygens (including phenoxy) is 3. The monoisotopic (exact) mass is 527 g/mol. The molecule has 30 heavy (non-hydrogen) atoms. The molecule has 0 bridgehead atoms. The molecule has 166 valence electrons. The van der Waals surface area contributed by atoms with Gasteiger partial charge in [-0.15, -0.1) is 24.0 Å². The van der Waals surface area contributed by atoms with Gasteiger partial charge in [-0.2, -0.15) is 0 Å². The van der Waals surface area contributed by atoms with Crippen molar-refractivity contribution in [3.8, 4) is 5.75 Å². The van der Waals surface area contributed by atoms with E-state index >= 15 is 0 Å². The molecule has 0 radical (unpaired) electrons. The van der Waals surface area contributed by atoms with Gasteiger partial charge in [0.05, 0.1) is 20.3 Å². The highest BCUT2D eigenvalue weighted by Crippen LogP contribution is 2.11. The molecule has 0 aliphatic carbocycles. The smallest absolute Gasteiger partial charge is 0.191 e. The fourth-order valence-corrected chi connectivity index (χ4v) is 2.78. The van der Waals surface area contributed by atoms with Gasteiger partial charge in [0.15, 0.2) is 5.96 Å². The van der Waals surface area contributed by atoms with Crippen molar-refractivity contribution in [3.63, 3.8) is 0 Å². The molecule has 0 atom stereocenters. The first-order valence-corrected chi connectivity index (χ1v) is 10.0. The molecule has 0 aliphatic heterocycles. The molecular weight excluding hydrogens is 493 g/mol. The number of nitrogens with one attached hydrogen (secondary N) is 2. The average Bonchev–Trinajstić information content (AvgIpc) is 2.76. The van der Waals surface area contributed by atoms with Crippen molar-refractivity contribution in [2.24, 2.45) is 4.99 Å². The fourth-order valence-electron chi connectivity index (χ4n) is 2.78. The van der Waals surface area contributed by atoms with E-state index in [1.54, 1.807) is 14.2 Å². The van der Waals surface area contributed by atoms with Crippen LogP contribution in [0.1, 0.15) is 30.0 Å². The first-order chi connectivity index (χ1) is 14.2. The highest BCUT2D eigenvalue weighted by molar-refractivity contribution is 14.0. The van der Waals surface area contributed by atoms with Gasteiger partial charge < -0.3 is 24.8 Å². The van der Waals surface area contributed by atoms with E-state index in [9.17, 15) is 0 Å². The first-order valence-electron chi connectivity index (χ1n) is 10.0. The van der Waals surface area contributed by atoms with Gasteiger partial charge in [-0.1, -0.05) is 36.4 Å².